The smallest absolute Gasteiger partial charge is 0.407 e. The van der Waals surface area contributed by atoms with Crippen molar-refractivity contribution in [3.63, 3.8) is 0 Å². The molecule has 0 aromatic heterocycles. The molecule has 2 fully saturated rings. The highest BCUT2D eigenvalue weighted by Crippen LogP contribution is 2.26. The number of nitrogens with one attached hydrogen (secondary N) is 2. The Kier molecular flexibility index (Phi) is 5.95. The van der Waals surface area contributed by atoms with Crippen molar-refractivity contribution in [1.29, 1.82) is 0 Å². The zero-order valence-corrected chi connectivity index (χ0v) is 15.4. The van der Waals surface area contributed by atoms with Crippen LogP contribution in [0, 0.1) is 0 Å². The third kappa shape index (κ3) is 6.68. The van der Waals surface area contributed by atoms with E-state index in [1.807, 2.05) is 20.8 Å². The maximum absolute atomic E-state index is 11.8. The van der Waals surface area contributed by atoms with E-state index in [4.69, 9.17) is 9.47 Å². The summed E-state index contributed by atoms with van der Waals surface area (Å²) in [5.41, 5.74) is -0.440. The summed E-state index contributed by atoms with van der Waals surface area (Å²) in [6.45, 7) is 10.9. The molecule has 1 heterocycles. The van der Waals surface area contributed by atoms with E-state index in [1.165, 1.54) is 0 Å². The second kappa shape index (κ2) is 7.39. The Balaban J connectivity index is 1.69. The van der Waals surface area contributed by atoms with E-state index in [0.29, 0.717) is 12.1 Å². The van der Waals surface area contributed by atoms with Gasteiger partial charge in [-0.05, 0) is 73.1 Å². The number of rotatable bonds is 3. The summed E-state index contributed by atoms with van der Waals surface area (Å²) in [6, 6.07) is 1.36. The maximum atomic E-state index is 11.8. The molecule has 1 aliphatic carbocycles. The van der Waals surface area contributed by atoms with E-state index >= 15 is 0 Å². The van der Waals surface area contributed by atoms with Crippen molar-refractivity contribution in [2.24, 2.45) is 0 Å². The first-order valence-corrected chi connectivity index (χ1v) is 9.02. The molecular formula is C18H34N2O3. The SMILES string of the molecule is CC(C)(C)OC(=O)NC1CCC(NC2CCOC(C)(C)C2)CC1. The molecule has 2 N–H and O–H groups in total. The van der Waals surface area contributed by atoms with Crippen molar-refractivity contribution in [3.05, 3.63) is 0 Å². The Labute approximate surface area is 140 Å². The minimum absolute atomic E-state index is 0.00854. The first-order valence-electron chi connectivity index (χ1n) is 9.02. The molecule has 1 aliphatic heterocycles. The van der Waals surface area contributed by atoms with Crippen LogP contribution in [0.4, 0.5) is 4.79 Å². The van der Waals surface area contributed by atoms with E-state index in [1.54, 1.807) is 0 Å². The molecule has 1 atom stereocenters. The summed E-state index contributed by atoms with van der Waals surface area (Å²) < 4.78 is 11.1. The summed E-state index contributed by atoms with van der Waals surface area (Å²) in [6.07, 6.45) is 6.13. The molecule has 0 radical (unpaired) electrons. The van der Waals surface area contributed by atoms with E-state index in [-0.39, 0.29) is 17.7 Å². The topological polar surface area (TPSA) is 59.6 Å². The summed E-state index contributed by atoms with van der Waals surface area (Å²) in [4.78, 5) is 11.8. The van der Waals surface area contributed by atoms with Crippen LogP contribution in [0.1, 0.15) is 73.1 Å². The van der Waals surface area contributed by atoms with Crippen LogP contribution < -0.4 is 10.6 Å². The van der Waals surface area contributed by atoms with Crippen LogP contribution >= 0.6 is 0 Å². The molecular weight excluding hydrogens is 292 g/mol. The van der Waals surface area contributed by atoms with Crippen molar-refractivity contribution < 1.29 is 14.3 Å². The third-order valence-electron chi connectivity index (χ3n) is 4.62. The van der Waals surface area contributed by atoms with Crippen LogP contribution in [0.15, 0.2) is 0 Å². The Morgan fingerprint density at radius 3 is 2.22 bits per heavy atom. The van der Waals surface area contributed by atoms with Gasteiger partial charge in [0.15, 0.2) is 0 Å². The Morgan fingerprint density at radius 2 is 1.65 bits per heavy atom. The molecule has 23 heavy (non-hydrogen) atoms. The van der Waals surface area contributed by atoms with Gasteiger partial charge in [0.1, 0.15) is 5.60 Å². The highest BCUT2D eigenvalue weighted by atomic mass is 16.6. The molecule has 0 bridgehead atoms. The normalized spacial score (nSPS) is 31.4. The highest BCUT2D eigenvalue weighted by Gasteiger charge is 2.31. The van der Waals surface area contributed by atoms with E-state index in [2.05, 4.69) is 24.5 Å². The van der Waals surface area contributed by atoms with Gasteiger partial charge >= 0.3 is 6.09 Å². The first-order chi connectivity index (χ1) is 10.6. The van der Waals surface area contributed by atoms with Gasteiger partial charge < -0.3 is 20.1 Å². The fourth-order valence-electron chi connectivity index (χ4n) is 3.59. The van der Waals surface area contributed by atoms with Crippen molar-refractivity contribution in [2.75, 3.05) is 6.61 Å². The average Bonchev–Trinajstić information content (AvgIpc) is 2.37. The molecule has 0 aromatic rings. The monoisotopic (exact) mass is 326 g/mol. The van der Waals surface area contributed by atoms with Crippen LogP contribution in [0.2, 0.25) is 0 Å². The van der Waals surface area contributed by atoms with Crippen LogP contribution in [-0.2, 0) is 9.47 Å². The molecule has 1 amide bonds. The Morgan fingerprint density at radius 1 is 1.04 bits per heavy atom. The van der Waals surface area contributed by atoms with Crippen molar-refractivity contribution in [2.45, 2.75) is 102 Å². The number of ether oxygens (including phenoxy) is 2. The van der Waals surface area contributed by atoms with E-state index < -0.39 is 5.60 Å². The van der Waals surface area contributed by atoms with Crippen molar-refractivity contribution in [3.8, 4) is 0 Å². The number of hydrogen-bond acceptors (Lipinski definition) is 4. The lowest BCUT2D eigenvalue weighted by Crippen LogP contribution is -2.50. The van der Waals surface area contributed by atoms with Gasteiger partial charge in [-0.2, -0.15) is 0 Å². The van der Waals surface area contributed by atoms with Crippen LogP contribution in [-0.4, -0.2) is 42.0 Å². The molecule has 1 saturated carbocycles. The lowest BCUT2D eigenvalue weighted by molar-refractivity contribution is -0.0647. The number of alkyl carbamates (subject to hydrolysis) is 1. The molecule has 0 spiro atoms. The molecule has 1 saturated heterocycles. The fraction of sp³-hybridized carbons (Fsp3) is 0.944. The van der Waals surface area contributed by atoms with Gasteiger partial charge in [-0.25, -0.2) is 4.79 Å². The zero-order valence-electron chi connectivity index (χ0n) is 15.4. The van der Waals surface area contributed by atoms with E-state index in [9.17, 15) is 4.79 Å². The van der Waals surface area contributed by atoms with Crippen LogP contribution in [0.5, 0.6) is 0 Å². The lowest BCUT2D eigenvalue weighted by Gasteiger charge is -2.39. The maximum Gasteiger partial charge on any atom is 0.407 e. The molecule has 2 aliphatic rings. The largest absolute Gasteiger partial charge is 0.444 e. The Hall–Kier alpha value is -0.810. The van der Waals surface area contributed by atoms with Crippen LogP contribution in [0.25, 0.3) is 0 Å². The minimum Gasteiger partial charge on any atom is -0.444 e. The number of carbonyl (C=O) groups is 1. The quantitative estimate of drug-likeness (QED) is 0.835. The first kappa shape index (κ1) is 18.5. The second-order valence-electron chi connectivity index (χ2n) is 8.66. The number of amides is 1. The summed E-state index contributed by atoms with van der Waals surface area (Å²) >= 11 is 0. The van der Waals surface area contributed by atoms with E-state index in [0.717, 1.165) is 45.1 Å². The summed E-state index contributed by atoms with van der Waals surface area (Å²) in [7, 11) is 0. The summed E-state index contributed by atoms with van der Waals surface area (Å²) in [5.74, 6) is 0. The second-order valence-corrected chi connectivity index (χ2v) is 8.66. The van der Waals surface area contributed by atoms with Gasteiger partial charge in [-0.1, -0.05) is 0 Å². The molecule has 0 aromatic carbocycles. The summed E-state index contributed by atoms with van der Waals surface area (Å²) in [5, 5.41) is 6.81. The number of hydrogen-bond donors (Lipinski definition) is 2. The minimum atomic E-state index is -0.432. The molecule has 5 nitrogen and oxygen atoms in total. The van der Waals surface area contributed by atoms with Gasteiger partial charge in [0.25, 0.3) is 0 Å². The van der Waals surface area contributed by atoms with Gasteiger partial charge in [0, 0.05) is 24.7 Å². The van der Waals surface area contributed by atoms with Gasteiger partial charge in [-0.15, -0.1) is 0 Å². The van der Waals surface area contributed by atoms with Gasteiger partial charge in [0.2, 0.25) is 0 Å². The molecule has 1 unspecified atom stereocenters. The highest BCUT2D eigenvalue weighted by molar-refractivity contribution is 5.68. The van der Waals surface area contributed by atoms with Crippen molar-refractivity contribution in [1.82, 2.24) is 10.6 Å². The average molecular weight is 326 g/mol. The standard InChI is InChI=1S/C18H34N2O3/c1-17(2,3)23-16(21)20-14-8-6-13(7-9-14)19-15-10-11-22-18(4,5)12-15/h13-15,19H,6-12H2,1-5H3,(H,20,21). The molecule has 2 rings (SSSR count). The molecule has 134 valence electrons. The number of carbonyl (C=O) groups excluding carboxylic acids is 1. The lowest BCUT2D eigenvalue weighted by atomic mass is 9.88. The Bertz CT molecular complexity index is 396. The van der Waals surface area contributed by atoms with Crippen molar-refractivity contribution >= 4 is 6.09 Å². The fourth-order valence-corrected chi connectivity index (χ4v) is 3.59. The predicted molar refractivity (Wildman–Crippen MR) is 91.6 cm³/mol. The van der Waals surface area contributed by atoms with Gasteiger partial charge in [0.05, 0.1) is 5.60 Å². The van der Waals surface area contributed by atoms with Crippen LogP contribution in [0.3, 0.4) is 0 Å². The molecule has 5 heteroatoms. The third-order valence-corrected chi connectivity index (χ3v) is 4.62. The van der Waals surface area contributed by atoms with Gasteiger partial charge in [-0.3, -0.25) is 0 Å². The predicted octanol–water partition coefficient (Wildman–Crippen LogP) is 3.37. The zero-order chi connectivity index (χ0) is 17.1.